The Balaban J connectivity index is 2.51. The van der Waals surface area contributed by atoms with Crippen LogP contribution >= 0.6 is 27.5 Å². The van der Waals surface area contributed by atoms with E-state index in [9.17, 15) is 0 Å². The quantitative estimate of drug-likeness (QED) is 0.568. The maximum absolute atomic E-state index is 6.22. The molecule has 0 aromatic carbocycles. The Morgan fingerprint density at radius 1 is 1.25 bits per heavy atom. The molecular weight excluding hydrogens is 235 g/mol. The van der Waals surface area contributed by atoms with E-state index >= 15 is 0 Å². The molecule has 1 fully saturated rings. The molecule has 2 heteroatoms. The van der Waals surface area contributed by atoms with E-state index in [-0.39, 0.29) is 0 Å². The van der Waals surface area contributed by atoms with Crippen LogP contribution in [-0.4, -0.2) is 10.2 Å². The predicted molar refractivity (Wildman–Crippen MR) is 59.2 cm³/mol. The summed E-state index contributed by atoms with van der Waals surface area (Å²) in [7, 11) is 0. The van der Waals surface area contributed by atoms with Gasteiger partial charge in [-0.3, -0.25) is 0 Å². The zero-order valence-electron chi connectivity index (χ0n) is 8.11. The van der Waals surface area contributed by atoms with Gasteiger partial charge in [0, 0.05) is 10.2 Å². The van der Waals surface area contributed by atoms with Crippen LogP contribution < -0.4 is 0 Å². The first kappa shape index (κ1) is 10.8. The Morgan fingerprint density at radius 3 is 2.25 bits per heavy atom. The van der Waals surface area contributed by atoms with Crippen molar-refractivity contribution in [3.8, 4) is 0 Å². The monoisotopic (exact) mass is 252 g/mol. The molecular formula is C10H18BrCl. The van der Waals surface area contributed by atoms with Crippen LogP contribution in [0.1, 0.15) is 40.0 Å². The molecule has 0 aromatic rings. The zero-order chi connectivity index (χ0) is 9.35. The van der Waals surface area contributed by atoms with Gasteiger partial charge in [-0.2, -0.15) is 0 Å². The summed E-state index contributed by atoms with van der Waals surface area (Å²) in [6.07, 6.45) is 3.72. The van der Waals surface area contributed by atoms with Crippen molar-refractivity contribution < 1.29 is 0 Å². The van der Waals surface area contributed by atoms with E-state index in [4.69, 9.17) is 11.6 Å². The average Bonchev–Trinajstić information content (AvgIpc) is 1.92. The third kappa shape index (κ3) is 2.63. The summed E-state index contributed by atoms with van der Waals surface area (Å²) >= 11 is 9.84. The second kappa shape index (κ2) is 3.88. The van der Waals surface area contributed by atoms with Gasteiger partial charge in [-0.1, -0.05) is 36.7 Å². The highest BCUT2D eigenvalue weighted by atomic mass is 79.9. The van der Waals surface area contributed by atoms with Crippen LogP contribution in [0, 0.1) is 11.3 Å². The van der Waals surface area contributed by atoms with Crippen LogP contribution in [0.2, 0.25) is 0 Å². The van der Waals surface area contributed by atoms with Crippen molar-refractivity contribution in [3.63, 3.8) is 0 Å². The molecule has 12 heavy (non-hydrogen) atoms. The maximum atomic E-state index is 6.22. The summed E-state index contributed by atoms with van der Waals surface area (Å²) in [6.45, 7) is 6.95. The number of rotatable bonds is 0. The van der Waals surface area contributed by atoms with Crippen molar-refractivity contribution in [3.05, 3.63) is 0 Å². The largest absolute Gasteiger partial charge is 0.122 e. The highest BCUT2D eigenvalue weighted by Gasteiger charge is 2.33. The van der Waals surface area contributed by atoms with Crippen LogP contribution in [0.3, 0.4) is 0 Å². The van der Waals surface area contributed by atoms with E-state index in [1.54, 1.807) is 0 Å². The minimum Gasteiger partial charge on any atom is -0.122 e. The van der Waals surface area contributed by atoms with Crippen molar-refractivity contribution in [2.75, 3.05) is 0 Å². The van der Waals surface area contributed by atoms with Gasteiger partial charge in [-0.15, -0.1) is 11.6 Å². The molecule has 0 heterocycles. The molecule has 0 spiro atoms. The lowest BCUT2D eigenvalue weighted by Gasteiger charge is -2.37. The molecule has 3 unspecified atom stereocenters. The van der Waals surface area contributed by atoms with Gasteiger partial charge in [0.05, 0.1) is 0 Å². The molecule has 1 rings (SSSR count). The lowest BCUT2D eigenvalue weighted by atomic mass is 9.72. The topological polar surface area (TPSA) is 0 Å². The first-order valence-corrected chi connectivity index (χ1v) is 6.04. The van der Waals surface area contributed by atoms with Gasteiger partial charge in [0.2, 0.25) is 0 Å². The van der Waals surface area contributed by atoms with Gasteiger partial charge in [-0.05, 0) is 30.6 Å². The minimum absolute atomic E-state index is 0.336. The fraction of sp³-hybridized carbons (Fsp3) is 1.00. The van der Waals surface area contributed by atoms with E-state index in [0.29, 0.717) is 15.6 Å². The normalized spacial score (nSPS) is 38.2. The van der Waals surface area contributed by atoms with Gasteiger partial charge in [-0.25, -0.2) is 0 Å². The van der Waals surface area contributed by atoms with Gasteiger partial charge >= 0.3 is 0 Å². The predicted octanol–water partition coefficient (Wildman–Crippen LogP) is 4.20. The van der Waals surface area contributed by atoms with Gasteiger partial charge in [0.1, 0.15) is 0 Å². The van der Waals surface area contributed by atoms with Crippen molar-refractivity contribution in [2.24, 2.45) is 11.3 Å². The van der Waals surface area contributed by atoms with Gasteiger partial charge < -0.3 is 0 Å². The van der Waals surface area contributed by atoms with E-state index in [1.807, 2.05) is 0 Å². The summed E-state index contributed by atoms with van der Waals surface area (Å²) < 4.78 is 0. The summed E-state index contributed by atoms with van der Waals surface area (Å²) in [6, 6.07) is 0. The highest BCUT2D eigenvalue weighted by Crippen LogP contribution is 2.41. The van der Waals surface area contributed by atoms with Crippen molar-refractivity contribution >= 4 is 27.5 Å². The SMILES string of the molecule is CC(C)(C)C1CCC(Br)C(Cl)C1. The van der Waals surface area contributed by atoms with Crippen LogP contribution in [0.15, 0.2) is 0 Å². The summed E-state index contributed by atoms with van der Waals surface area (Å²) in [5.41, 5.74) is 0.431. The minimum atomic E-state index is 0.336. The first-order chi connectivity index (χ1) is 5.41. The second-order valence-corrected chi connectivity index (χ2v) is 6.64. The van der Waals surface area contributed by atoms with E-state index < -0.39 is 0 Å². The molecule has 0 nitrogen and oxygen atoms in total. The molecule has 72 valence electrons. The van der Waals surface area contributed by atoms with Crippen LogP contribution in [0.25, 0.3) is 0 Å². The van der Waals surface area contributed by atoms with Crippen molar-refractivity contribution in [1.82, 2.24) is 0 Å². The van der Waals surface area contributed by atoms with Crippen molar-refractivity contribution in [1.29, 1.82) is 0 Å². The number of hydrogen-bond donors (Lipinski definition) is 0. The molecule has 0 aromatic heterocycles. The van der Waals surface area contributed by atoms with Crippen LogP contribution in [-0.2, 0) is 0 Å². The zero-order valence-corrected chi connectivity index (χ0v) is 10.5. The first-order valence-electron chi connectivity index (χ1n) is 4.69. The molecule has 1 saturated carbocycles. The van der Waals surface area contributed by atoms with Crippen LogP contribution in [0.4, 0.5) is 0 Å². The molecule has 0 bridgehead atoms. The number of alkyl halides is 2. The molecule has 0 radical (unpaired) electrons. The summed E-state index contributed by atoms with van der Waals surface area (Å²) in [5.74, 6) is 0.800. The second-order valence-electron chi connectivity index (χ2n) is 4.91. The van der Waals surface area contributed by atoms with Crippen LogP contribution in [0.5, 0.6) is 0 Å². The molecule has 1 aliphatic carbocycles. The highest BCUT2D eigenvalue weighted by molar-refractivity contribution is 9.09. The Morgan fingerprint density at radius 2 is 1.83 bits per heavy atom. The summed E-state index contributed by atoms with van der Waals surface area (Å²) in [5, 5.41) is 0.336. The van der Waals surface area contributed by atoms with Gasteiger partial charge in [0.25, 0.3) is 0 Å². The molecule has 0 saturated heterocycles. The fourth-order valence-corrected chi connectivity index (χ4v) is 2.69. The lowest BCUT2D eigenvalue weighted by molar-refractivity contribution is 0.185. The molecule has 3 atom stereocenters. The molecule has 1 aliphatic rings. The molecule has 0 amide bonds. The van der Waals surface area contributed by atoms with Crippen molar-refractivity contribution in [2.45, 2.75) is 50.2 Å². The Kier molecular flexibility index (Phi) is 3.50. The van der Waals surface area contributed by atoms with E-state index in [0.717, 1.165) is 5.92 Å². The Labute approximate surface area is 89.2 Å². The number of halogens is 2. The number of hydrogen-bond acceptors (Lipinski definition) is 0. The summed E-state index contributed by atoms with van der Waals surface area (Å²) in [4.78, 5) is 0.540. The Hall–Kier alpha value is 0.770. The molecule has 0 aliphatic heterocycles. The lowest BCUT2D eigenvalue weighted by Crippen LogP contribution is -2.32. The van der Waals surface area contributed by atoms with E-state index in [1.165, 1.54) is 19.3 Å². The fourth-order valence-electron chi connectivity index (χ4n) is 1.87. The Bertz CT molecular complexity index is 150. The average molecular weight is 254 g/mol. The smallest absolute Gasteiger partial charge is 0.0464 e. The molecule has 0 N–H and O–H groups in total. The third-order valence-corrected chi connectivity index (χ3v) is 4.80. The third-order valence-electron chi connectivity index (χ3n) is 2.92. The standard InChI is InChI=1S/C10H18BrCl/c1-10(2,3)7-4-5-8(11)9(12)6-7/h7-9H,4-6H2,1-3H3. The maximum Gasteiger partial charge on any atom is 0.0464 e. The van der Waals surface area contributed by atoms with E-state index in [2.05, 4.69) is 36.7 Å². The van der Waals surface area contributed by atoms with Gasteiger partial charge in [0.15, 0.2) is 0 Å².